The number of amides is 1. The molecule has 0 bridgehead atoms. The number of nitrogens with one attached hydrogen (secondary N) is 1. The second-order valence-corrected chi connectivity index (χ2v) is 8.18. The molecule has 0 spiro atoms. The highest BCUT2D eigenvalue weighted by molar-refractivity contribution is 7.98. The number of aromatic nitrogens is 1. The first-order valence-electron chi connectivity index (χ1n) is 8.82. The van der Waals surface area contributed by atoms with E-state index in [-0.39, 0.29) is 5.91 Å². The van der Waals surface area contributed by atoms with Crippen LogP contribution in [0.4, 0.5) is 0 Å². The summed E-state index contributed by atoms with van der Waals surface area (Å²) in [5.41, 5.74) is 2.39. The highest BCUT2D eigenvalue weighted by Gasteiger charge is 2.11. The van der Waals surface area contributed by atoms with E-state index in [2.05, 4.69) is 64.8 Å². The Morgan fingerprint density at radius 1 is 1.04 bits per heavy atom. The molecule has 0 radical (unpaired) electrons. The molecule has 2 aromatic carbocycles. The van der Waals surface area contributed by atoms with Crippen LogP contribution in [-0.4, -0.2) is 23.3 Å². The minimum absolute atomic E-state index is 0.0107. The maximum Gasteiger partial charge on any atom is 0.261 e. The summed E-state index contributed by atoms with van der Waals surface area (Å²) >= 11 is 3.25. The van der Waals surface area contributed by atoms with Crippen molar-refractivity contribution in [2.75, 3.05) is 12.8 Å². The van der Waals surface area contributed by atoms with Gasteiger partial charge in [-0.3, -0.25) is 4.79 Å². The fraction of sp³-hybridized carbons (Fsp3) is 0.136. The monoisotopic (exact) mass is 392 g/mol. The number of para-hydroxylation sites is 1. The molecule has 2 aromatic heterocycles. The van der Waals surface area contributed by atoms with Gasteiger partial charge in [0.1, 0.15) is 5.00 Å². The fourth-order valence-corrected chi connectivity index (χ4v) is 4.38. The maximum absolute atomic E-state index is 12.5. The van der Waals surface area contributed by atoms with E-state index >= 15 is 0 Å². The Hall–Kier alpha value is -2.50. The minimum Gasteiger partial charge on any atom is -0.351 e. The minimum atomic E-state index is -0.0107. The average molecular weight is 393 g/mol. The van der Waals surface area contributed by atoms with Gasteiger partial charge in [-0.2, -0.15) is 0 Å². The lowest BCUT2D eigenvalue weighted by Gasteiger charge is -2.05. The normalized spacial score (nSPS) is 11.0. The Bertz CT molecular complexity index is 1060. The number of carbonyl (C=O) groups is 1. The quantitative estimate of drug-likeness (QED) is 0.447. The molecule has 3 nitrogen and oxygen atoms in total. The van der Waals surface area contributed by atoms with Crippen LogP contribution < -0.4 is 5.32 Å². The number of hydrogen-bond donors (Lipinski definition) is 1. The van der Waals surface area contributed by atoms with Crippen LogP contribution in [0, 0.1) is 0 Å². The number of nitrogens with zero attached hydrogens (tertiary/aromatic N) is 1. The van der Waals surface area contributed by atoms with Gasteiger partial charge in [0.15, 0.2) is 0 Å². The molecule has 2 heterocycles. The third-order valence-corrected chi connectivity index (χ3v) is 6.34. The largest absolute Gasteiger partial charge is 0.351 e. The van der Waals surface area contributed by atoms with Crippen LogP contribution in [0.25, 0.3) is 15.9 Å². The number of fused-ring (bicyclic) bond motifs is 1. The number of thioether (sulfide) groups is 1. The topological polar surface area (TPSA) is 34.0 Å². The molecule has 0 unspecified atom stereocenters. The lowest BCUT2D eigenvalue weighted by atomic mass is 10.1. The van der Waals surface area contributed by atoms with Crippen LogP contribution in [0.15, 0.2) is 77.8 Å². The van der Waals surface area contributed by atoms with Crippen molar-refractivity contribution in [1.29, 1.82) is 0 Å². The van der Waals surface area contributed by atoms with Crippen LogP contribution in [0.5, 0.6) is 0 Å². The first-order chi connectivity index (χ1) is 13.2. The van der Waals surface area contributed by atoms with Crippen LogP contribution in [-0.2, 0) is 6.42 Å². The summed E-state index contributed by atoms with van der Waals surface area (Å²) in [6.45, 7) is 0.636. The van der Waals surface area contributed by atoms with Crippen molar-refractivity contribution in [2.24, 2.45) is 0 Å². The molecule has 136 valence electrons. The van der Waals surface area contributed by atoms with E-state index in [0.717, 1.165) is 21.8 Å². The van der Waals surface area contributed by atoms with Crippen LogP contribution in [0.1, 0.15) is 15.2 Å². The van der Waals surface area contributed by atoms with Gasteiger partial charge in [-0.05, 0) is 60.0 Å². The van der Waals surface area contributed by atoms with E-state index in [9.17, 15) is 4.79 Å². The highest BCUT2D eigenvalue weighted by Crippen LogP contribution is 2.26. The van der Waals surface area contributed by atoms with Crippen molar-refractivity contribution in [1.82, 2.24) is 9.88 Å². The van der Waals surface area contributed by atoms with Gasteiger partial charge in [0, 0.05) is 17.6 Å². The van der Waals surface area contributed by atoms with Gasteiger partial charge in [-0.15, -0.1) is 23.1 Å². The summed E-state index contributed by atoms with van der Waals surface area (Å²) in [7, 11) is 0. The van der Waals surface area contributed by atoms with E-state index in [1.807, 2.05) is 24.3 Å². The van der Waals surface area contributed by atoms with E-state index in [0.29, 0.717) is 6.54 Å². The standard InChI is InChI=1S/C22H20N2OS2/c1-26-18-8-6-16(7-9-18)12-14-23-22(25)20-10-11-21(27-20)24-15-13-17-4-2-3-5-19(17)24/h2-11,13,15H,12,14H2,1H3,(H,23,25). The van der Waals surface area contributed by atoms with E-state index < -0.39 is 0 Å². The van der Waals surface area contributed by atoms with Gasteiger partial charge in [0.05, 0.1) is 10.4 Å². The fourth-order valence-electron chi connectivity index (χ4n) is 3.05. The van der Waals surface area contributed by atoms with Crippen molar-refractivity contribution < 1.29 is 4.79 Å². The molecule has 1 amide bonds. The van der Waals surface area contributed by atoms with Crippen LogP contribution in [0.2, 0.25) is 0 Å². The average Bonchev–Trinajstić information content (AvgIpc) is 3.35. The third-order valence-electron chi connectivity index (χ3n) is 4.51. The SMILES string of the molecule is CSc1ccc(CCNC(=O)c2ccc(-n3ccc4ccccc43)s2)cc1. The smallest absolute Gasteiger partial charge is 0.261 e. The Morgan fingerprint density at radius 3 is 2.67 bits per heavy atom. The zero-order chi connectivity index (χ0) is 18.6. The molecule has 0 fully saturated rings. The van der Waals surface area contributed by atoms with E-state index in [4.69, 9.17) is 0 Å². The summed E-state index contributed by atoms with van der Waals surface area (Å²) in [6.07, 6.45) is 4.96. The number of benzene rings is 2. The molecule has 1 N–H and O–H groups in total. The van der Waals surface area contributed by atoms with Crippen molar-refractivity contribution in [3.63, 3.8) is 0 Å². The maximum atomic E-state index is 12.5. The Balaban J connectivity index is 1.39. The molecule has 0 aliphatic carbocycles. The van der Waals surface area contributed by atoms with Gasteiger partial charge < -0.3 is 9.88 Å². The van der Waals surface area contributed by atoms with Crippen molar-refractivity contribution in [3.8, 4) is 5.00 Å². The van der Waals surface area contributed by atoms with E-state index in [1.54, 1.807) is 11.8 Å². The van der Waals surface area contributed by atoms with Crippen molar-refractivity contribution in [3.05, 3.63) is 83.4 Å². The molecule has 0 saturated heterocycles. The predicted octanol–water partition coefficient (Wildman–Crippen LogP) is 5.39. The molecule has 0 atom stereocenters. The molecule has 4 aromatic rings. The number of thiophene rings is 1. The second-order valence-electron chi connectivity index (χ2n) is 6.24. The van der Waals surface area contributed by atoms with Gasteiger partial charge >= 0.3 is 0 Å². The first-order valence-corrected chi connectivity index (χ1v) is 10.9. The Labute approximate surface area is 167 Å². The van der Waals surface area contributed by atoms with Crippen molar-refractivity contribution >= 4 is 39.9 Å². The van der Waals surface area contributed by atoms with Crippen LogP contribution in [0.3, 0.4) is 0 Å². The van der Waals surface area contributed by atoms with Crippen LogP contribution >= 0.6 is 23.1 Å². The lowest BCUT2D eigenvalue weighted by molar-refractivity contribution is 0.0958. The number of rotatable bonds is 6. The highest BCUT2D eigenvalue weighted by atomic mass is 32.2. The van der Waals surface area contributed by atoms with Gasteiger partial charge in [0.2, 0.25) is 0 Å². The molecule has 4 rings (SSSR count). The number of hydrogen-bond acceptors (Lipinski definition) is 3. The first kappa shape index (κ1) is 17.9. The summed E-state index contributed by atoms with van der Waals surface area (Å²) in [4.78, 5) is 14.5. The summed E-state index contributed by atoms with van der Waals surface area (Å²) in [5, 5.41) is 5.28. The van der Waals surface area contributed by atoms with Gasteiger partial charge in [-0.1, -0.05) is 30.3 Å². The summed E-state index contributed by atoms with van der Waals surface area (Å²) < 4.78 is 2.13. The third kappa shape index (κ3) is 3.94. The molecule has 0 saturated carbocycles. The Kier molecular flexibility index (Phi) is 5.32. The van der Waals surface area contributed by atoms with Crippen molar-refractivity contribution in [2.45, 2.75) is 11.3 Å². The molecule has 0 aliphatic heterocycles. The summed E-state index contributed by atoms with van der Waals surface area (Å²) in [5.74, 6) is -0.0107. The lowest BCUT2D eigenvalue weighted by Crippen LogP contribution is -2.24. The van der Waals surface area contributed by atoms with Gasteiger partial charge in [0.25, 0.3) is 5.91 Å². The predicted molar refractivity (Wildman–Crippen MR) is 115 cm³/mol. The molecule has 27 heavy (non-hydrogen) atoms. The zero-order valence-electron chi connectivity index (χ0n) is 15.0. The molecule has 0 aliphatic rings. The molecular weight excluding hydrogens is 372 g/mol. The molecule has 5 heteroatoms. The number of carbonyl (C=O) groups excluding carboxylic acids is 1. The van der Waals surface area contributed by atoms with Gasteiger partial charge in [-0.25, -0.2) is 0 Å². The van der Waals surface area contributed by atoms with E-state index in [1.165, 1.54) is 27.2 Å². The second kappa shape index (κ2) is 8.03. The summed E-state index contributed by atoms with van der Waals surface area (Å²) in [6, 6.07) is 22.7. The molecular formula is C22H20N2OS2. The Morgan fingerprint density at radius 2 is 1.85 bits per heavy atom. The zero-order valence-corrected chi connectivity index (χ0v) is 16.6.